The van der Waals surface area contributed by atoms with Gasteiger partial charge in [0.1, 0.15) is 0 Å². The van der Waals surface area contributed by atoms with Crippen LogP contribution in [-0.4, -0.2) is 35.4 Å². The Morgan fingerprint density at radius 3 is 2.13 bits per heavy atom. The minimum absolute atomic E-state index is 0.0375. The lowest BCUT2D eigenvalue weighted by Gasteiger charge is -2.12. The number of nitrogens with zero attached hydrogens (tertiary/aromatic N) is 2. The number of carbonyl (C=O) groups excluding carboxylic acids is 2. The highest BCUT2D eigenvalue weighted by Gasteiger charge is 2.17. The standard InChI is InChI=1S/C26H31N3O2/c1-17(2)21-11-13-23(14-12-21)29-18(3)15-24(19(29)4)25(30)27-16-20-7-9-22(10-8-20)26(31)28(5)6/h7-15,17H,16H2,1-6H3,(H,27,30). The fourth-order valence-electron chi connectivity index (χ4n) is 3.70. The van der Waals surface area contributed by atoms with Gasteiger partial charge >= 0.3 is 0 Å². The lowest BCUT2D eigenvalue weighted by Crippen LogP contribution is -2.24. The van der Waals surface area contributed by atoms with Crippen LogP contribution >= 0.6 is 0 Å². The van der Waals surface area contributed by atoms with Crippen LogP contribution < -0.4 is 5.32 Å². The van der Waals surface area contributed by atoms with E-state index in [4.69, 9.17) is 0 Å². The van der Waals surface area contributed by atoms with Gasteiger partial charge in [0.25, 0.3) is 11.8 Å². The van der Waals surface area contributed by atoms with Crippen LogP contribution in [0, 0.1) is 13.8 Å². The number of hydrogen-bond acceptors (Lipinski definition) is 2. The molecular formula is C26H31N3O2. The van der Waals surface area contributed by atoms with E-state index in [0.29, 0.717) is 23.6 Å². The first-order valence-electron chi connectivity index (χ1n) is 10.6. The second kappa shape index (κ2) is 9.21. The molecule has 0 aliphatic carbocycles. The molecule has 1 heterocycles. The molecule has 0 fully saturated rings. The van der Waals surface area contributed by atoms with Crippen molar-refractivity contribution in [3.63, 3.8) is 0 Å². The van der Waals surface area contributed by atoms with Crippen LogP contribution in [0.4, 0.5) is 0 Å². The highest BCUT2D eigenvalue weighted by Crippen LogP contribution is 2.23. The second-order valence-electron chi connectivity index (χ2n) is 8.45. The predicted octanol–water partition coefficient (Wildman–Crippen LogP) is 4.85. The Hall–Kier alpha value is -3.34. The molecule has 2 aromatic carbocycles. The van der Waals surface area contributed by atoms with Crippen molar-refractivity contribution in [1.82, 2.24) is 14.8 Å². The fourth-order valence-corrected chi connectivity index (χ4v) is 3.70. The molecule has 1 N–H and O–H groups in total. The molecule has 0 saturated heterocycles. The summed E-state index contributed by atoms with van der Waals surface area (Å²) in [5.74, 6) is 0.341. The van der Waals surface area contributed by atoms with Crippen molar-refractivity contribution in [3.8, 4) is 5.69 Å². The zero-order valence-corrected chi connectivity index (χ0v) is 19.2. The van der Waals surface area contributed by atoms with Gasteiger partial charge in [0.2, 0.25) is 0 Å². The molecule has 2 amide bonds. The van der Waals surface area contributed by atoms with Crippen molar-refractivity contribution in [3.05, 3.63) is 88.2 Å². The third-order valence-electron chi connectivity index (χ3n) is 5.55. The summed E-state index contributed by atoms with van der Waals surface area (Å²) in [5.41, 5.74) is 6.53. The Labute approximate surface area is 184 Å². The van der Waals surface area contributed by atoms with Gasteiger partial charge in [-0.1, -0.05) is 38.1 Å². The summed E-state index contributed by atoms with van der Waals surface area (Å²) in [5, 5.41) is 3.00. The molecule has 0 atom stereocenters. The van der Waals surface area contributed by atoms with Gasteiger partial charge in [-0.3, -0.25) is 9.59 Å². The molecule has 3 aromatic rings. The number of rotatable bonds is 6. The van der Waals surface area contributed by atoms with Crippen LogP contribution in [0.25, 0.3) is 5.69 Å². The van der Waals surface area contributed by atoms with E-state index in [-0.39, 0.29) is 11.8 Å². The minimum Gasteiger partial charge on any atom is -0.348 e. The van der Waals surface area contributed by atoms with E-state index in [2.05, 4.69) is 48.0 Å². The SMILES string of the molecule is Cc1cc(C(=O)NCc2ccc(C(=O)N(C)C)cc2)c(C)n1-c1ccc(C(C)C)cc1. The normalized spacial score (nSPS) is 10.9. The van der Waals surface area contributed by atoms with Crippen molar-refractivity contribution >= 4 is 11.8 Å². The highest BCUT2D eigenvalue weighted by molar-refractivity contribution is 5.96. The van der Waals surface area contributed by atoms with Gasteiger partial charge in [0.15, 0.2) is 0 Å². The maximum atomic E-state index is 12.9. The van der Waals surface area contributed by atoms with E-state index in [0.717, 1.165) is 22.6 Å². The lowest BCUT2D eigenvalue weighted by atomic mass is 10.0. The Balaban J connectivity index is 1.73. The van der Waals surface area contributed by atoms with Crippen LogP contribution in [-0.2, 0) is 6.54 Å². The van der Waals surface area contributed by atoms with Gasteiger partial charge in [-0.2, -0.15) is 0 Å². The summed E-state index contributed by atoms with van der Waals surface area (Å²) in [4.78, 5) is 26.4. The van der Waals surface area contributed by atoms with Crippen molar-refractivity contribution in [1.29, 1.82) is 0 Å². The lowest BCUT2D eigenvalue weighted by molar-refractivity contribution is 0.0827. The van der Waals surface area contributed by atoms with E-state index in [1.165, 1.54) is 5.56 Å². The molecule has 5 nitrogen and oxygen atoms in total. The van der Waals surface area contributed by atoms with Crippen molar-refractivity contribution < 1.29 is 9.59 Å². The minimum atomic E-state index is -0.105. The summed E-state index contributed by atoms with van der Waals surface area (Å²) in [7, 11) is 3.46. The quantitative estimate of drug-likeness (QED) is 0.623. The monoisotopic (exact) mass is 417 g/mol. The maximum Gasteiger partial charge on any atom is 0.253 e. The molecule has 0 saturated carbocycles. The maximum absolute atomic E-state index is 12.9. The molecule has 0 bridgehead atoms. The largest absolute Gasteiger partial charge is 0.348 e. The van der Waals surface area contributed by atoms with E-state index in [1.807, 2.05) is 32.0 Å². The topological polar surface area (TPSA) is 54.3 Å². The van der Waals surface area contributed by atoms with Gasteiger partial charge < -0.3 is 14.8 Å². The summed E-state index contributed by atoms with van der Waals surface area (Å²) >= 11 is 0. The van der Waals surface area contributed by atoms with Crippen LogP contribution in [0.15, 0.2) is 54.6 Å². The number of nitrogens with one attached hydrogen (secondary N) is 1. The number of benzene rings is 2. The van der Waals surface area contributed by atoms with E-state index >= 15 is 0 Å². The van der Waals surface area contributed by atoms with E-state index in [9.17, 15) is 9.59 Å². The molecule has 31 heavy (non-hydrogen) atoms. The Kier molecular flexibility index (Phi) is 6.64. The molecule has 5 heteroatoms. The Bertz CT molecular complexity index is 1080. The number of carbonyl (C=O) groups is 2. The van der Waals surface area contributed by atoms with Crippen LogP contribution in [0.5, 0.6) is 0 Å². The van der Waals surface area contributed by atoms with Gasteiger partial charge in [-0.25, -0.2) is 0 Å². The fraction of sp³-hybridized carbons (Fsp3) is 0.308. The molecule has 3 rings (SSSR count). The van der Waals surface area contributed by atoms with Crippen molar-refractivity contribution in [2.24, 2.45) is 0 Å². The van der Waals surface area contributed by atoms with Crippen LogP contribution in [0.2, 0.25) is 0 Å². The first-order valence-corrected chi connectivity index (χ1v) is 10.6. The smallest absolute Gasteiger partial charge is 0.253 e. The van der Waals surface area contributed by atoms with Crippen molar-refractivity contribution in [2.45, 2.75) is 40.2 Å². The second-order valence-corrected chi connectivity index (χ2v) is 8.45. The number of hydrogen-bond donors (Lipinski definition) is 1. The van der Waals surface area contributed by atoms with Gasteiger partial charge in [0.05, 0.1) is 5.56 Å². The molecular weight excluding hydrogens is 386 g/mol. The highest BCUT2D eigenvalue weighted by atomic mass is 16.2. The zero-order valence-electron chi connectivity index (χ0n) is 19.2. The summed E-state index contributed by atoms with van der Waals surface area (Å²) in [6, 6.07) is 17.7. The Morgan fingerprint density at radius 2 is 1.58 bits per heavy atom. The number of aromatic nitrogens is 1. The third kappa shape index (κ3) is 4.88. The molecule has 0 aliphatic rings. The summed E-state index contributed by atoms with van der Waals surface area (Å²) in [6.07, 6.45) is 0. The zero-order chi connectivity index (χ0) is 22.7. The molecule has 0 unspecified atom stereocenters. The number of aryl methyl sites for hydroxylation is 1. The van der Waals surface area contributed by atoms with Crippen LogP contribution in [0.1, 0.15) is 63.0 Å². The van der Waals surface area contributed by atoms with Gasteiger partial charge in [-0.15, -0.1) is 0 Å². The van der Waals surface area contributed by atoms with Gasteiger partial charge in [-0.05, 0) is 61.2 Å². The number of amides is 2. The molecule has 0 spiro atoms. The summed E-state index contributed by atoms with van der Waals surface area (Å²) in [6.45, 7) is 8.75. The molecule has 1 aromatic heterocycles. The molecule has 0 radical (unpaired) electrons. The van der Waals surface area contributed by atoms with Crippen LogP contribution in [0.3, 0.4) is 0 Å². The predicted molar refractivity (Wildman–Crippen MR) is 125 cm³/mol. The van der Waals surface area contributed by atoms with Gasteiger partial charge in [0, 0.05) is 43.3 Å². The van der Waals surface area contributed by atoms with Crippen molar-refractivity contribution in [2.75, 3.05) is 14.1 Å². The molecule has 0 aliphatic heterocycles. The molecule has 162 valence electrons. The average Bonchev–Trinajstić information content (AvgIpc) is 3.05. The van der Waals surface area contributed by atoms with E-state index < -0.39 is 0 Å². The first-order chi connectivity index (χ1) is 14.7. The summed E-state index contributed by atoms with van der Waals surface area (Å²) < 4.78 is 2.11. The first kappa shape index (κ1) is 22.3. The Morgan fingerprint density at radius 1 is 0.968 bits per heavy atom. The average molecular weight is 418 g/mol. The van der Waals surface area contributed by atoms with E-state index in [1.54, 1.807) is 31.1 Å². The third-order valence-corrected chi connectivity index (χ3v) is 5.55.